The second-order valence-electron chi connectivity index (χ2n) is 5.99. The topological polar surface area (TPSA) is 93.1 Å². The van der Waals surface area contributed by atoms with Gasteiger partial charge in [0.15, 0.2) is 11.5 Å². The van der Waals surface area contributed by atoms with E-state index in [-0.39, 0.29) is 11.6 Å². The minimum atomic E-state index is -0.454. The van der Waals surface area contributed by atoms with Gasteiger partial charge in [-0.3, -0.25) is 4.79 Å². The molecular weight excluding hydrogens is 362 g/mol. The molecule has 0 saturated heterocycles. The first-order chi connectivity index (χ1) is 13.5. The normalized spacial score (nSPS) is 12.1. The van der Waals surface area contributed by atoms with E-state index in [9.17, 15) is 10.1 Å². The summed E-state index contributed by atoms with van der Waals surface area (Å²) in [5.74, 6) is 0.724. The van der Waals surface area contributed by atoms with E-state index in [0.717, 1.165) is 5.56 Å². The fourth-order valence-electron chi connectivity index (χ4n) is 2.46. The number of benzene rings is 1. The first-order valence-corrected chi connectivity index (χ1v) is 8.87. The predicted molar refractivity (Wildman–Crippen MR) is 105 cm³/mol. The summed E-state index contributed by atoms with van der Waals surface area (Å²) in [5, 5.41) is 12.3. The van der Waals surface area contributed by atoms with Gasteiger partial charge in [0, 0.05) is 33.5 Å². The van der Waals surface area contributed by atoms with Crippen molar-refractivity contribution in [2.24, 2.45) is 0 Å². The highest BCUT2D eigenvalue weighted by Crippen LogP contribution is 2.29. The molecule has 0 heterocycles. The summed E-state index contributed by atoms with van der Waals surface area (Å²) in [6, 6.07) is 7.05. The van der Waals surface area contributed by atoms with Crippen LogP contribution in [0.5, 0.6) is 11.5 Å². The van der Waals surface area contributed by atoms with Crippen molar-refractivity contribution < 1.29 is 23.7 Å². The molecule has 0 aromatic heterocycles. The molecule has 1 atom stereocenters. The van der Waals surface area contributed by atoms with Crippen molar-refractivity contribution in [3.05, 3.63) is 35.5 Å². The zero-order valence-electron chi connectivity index (χ0n) is 17.2. The van der Waals surface area contributed by atoms with Gasteiger partial charge in [0.1, 0.15) is 11.6 Å². The van der Waals surface area contributed by atoms with E-state index in [1.54, 1.807) is 40.6 Å². The molecule has 0 aliphatic carbocycles. The maximum Gasteiger partial charge on any atom is 0.263 e. The summed E-state index contributed by atoms with van der Waals surface area (Å²) >= 11 is 0. The van der Waals surface area contributed by atoms with Crippen molar-refractivity contribution in [3.8, 4) is 17.6 Å². The number of hydrogen-bond donors (Lipinski definition) is 1. The Kier molecular flexibility index (Phi) is 10.5. The van der Waals surface area contributed by atoms with E-state index < -0.39 is 5.91 Å². The zero-order chi connectivity index (χ0) is 20.9. The molecule has 0 radical (unpaired) electrons. The molecule has 1 unspecified atom stereocenters. The van der Waals surface area contributed by atoms with Gasteiger partial charge in [-0.15, -0.1) is 0 Å². The van der Waals surface area contributed by atoms with Crippen LogP contribution in [0.4, 0.5) is 0 Å². The SMILES string of the molecule is COCCN(/C=C(/C#N)C(=O)NC(C)c1ccc(OC)c(OC)c1)CCOC. The Morgan fingerprint density at radius 2 is 1.75 bits per heavy atom. The summed E-state index contributed by atoms with van der Waals surface area (Å²) < 4.78 is 20.7. The standard InChI is InChI=1S/C20H29N3O5/c1-15(16-6-7-18(27-4)19(12-16)28-5)22-20(24)17(13-21)14-23(8-10-25-2)9-11-26-3/h6-7,12,14-15H,8-11H2,1-5H3,(H,22,24)/b17-14-. The Hall–Kier alpha value is -2.76. The second kappa shape index (κ2) is 12.6. The van der Waals surface area contributed by atoms with Crippen LogP contribution in [0, 0.1) is 11.3 Å². The minimum absolute atomic E-state index is 0.0135. The Morgan fingerprint density at radius 1 is 1.14 bits per heavy atom. The highest BCUT2D eigenvalue weighted by atomic mass is 16.5. The van der Waals surface area contributed by atoms with Crippen LogP contribution in [0.15, 0.2) is 30.0 Å². The molecule has 0 aliphatic rings. The number of methoxy groups -OCH3 is 4. The lowest BCUT2D eigenvalue weighted by atomic mass is 10.1. The number of rotatable bonds is 12. The van der Waals surface area contributed by atoms with Crippen molar-refractivity contribution in [2.45, 2.75) is 13.0 Å². The lowest BCUT2D eigenvalue weighted by molar-refractivity contribution is -0.117. The molecule has 8 heteroatoms. The van der Waals surface area contributed by atoms with Gasteiger partial charge in [-0.05, 0) is 24.6 Å². The van der Waals surface area contributed by atoms with Crippen LogP contribution >= 0.6 is 0 Å². The summed E-state index contributed by atoms with van der Waals surface area (Å²) in [4.78, 5) is 14.4. The maximum atomic E-state index is 12.6. The molecule has 1 aromatic rings. The van der Waals surface area contributed by atoms with E-state index in [2.05, 4.69) is 5.32 Å². The van der Waals surface area contributed by atoms with Gasteiger partial charge in [0.2, 0.25) is 0 Å². The number of amides is 1. The molecule has 0 saturated carbocycles. The summed E-state index contributed by atoms with van der Waals surface area (Å²) in [6.07, 6.45) is 1.54. The average Bonchev–Trinajstić information content (AvgIpc) is 2.72. The van der Waals surface area contributed by atoms with Crippen molar-refractivity contribution in [1.82, 2.24) is 10.2 Å². The van der Waals surface area contributed by atoms with Crippen LogP contribution < -0.4 is 14.8 Å². The third-order valence-electron chi connectivity index (χ3n) is 4.10. The first kappa shape index (κ1) is 23.3. The summed E-state index contributed by atoms with van der Waals surface area (Å²) in [7, 11) is 6.31. The number of nitrogens with zero attached hydrogens (tertiary/aromatic N) is 2. The molecule has 28 heavy (non-hydrogen) atoms. The lowest BCUT2D eigenvalue weighted by Crippen LogP contribution is -2.31. The maximum absolute atomic E-state index is 12.6. The van der Waals surface area contributed by atoms with Gasteiger partial charge in [0.25, 0.3) is 5.91 Å². The molecule has 1 rings (SSSR count). The van der Waals surface area contributed by atoms with E-state index in [4.69, 9.17) is 18.9 Å². The quantitative estimate of drug-likeness (QED) is 0.429. The van der Waals surface area contributed by atoms with Gasteiger partial charge >= 0.3 is 0 Å². The van der Waals surface area contributed by atoms with Crippen LogP contribution in [0.25, 0.3) is 0 Å². The number of hydrogen-bond acceptors (Lipinski definition) is 7. The summed E-state index contributed by atoms with van der Waals surface area (Å²) in [5.41, 5.74) is 0.846. The molecule has 8 nitrogen and oxygen atoms in total. The molecule has 0 fully saturated rings. The van der Waals surface area contributed by atoms with Crippen LogP contribution in [-0.2, 0) is 14.3 Å². The smallest absolute Gasteiger partial charge is 0.263 e. The number of carbonyl (C=O) groups is 1. The van der Waals surface area contributed by atoms with E-state index >= 15 is 0 Å². The van der Waals surface area contributed by atoms with Crippen LogP contribution in [-0.4, -0.2) is 65.5 Å². The van der Waals surface area contributed by atoms with E-state index in [1.165, 1.54) is 6.20 Å². The minimum Gasteiger partial charge on any atom is -0.493 e. The molecule has 0 spiro atoms. The zero-order valence-corrected chi connectivity index (χ0v) is 17.2. The van der Waals surface area contributed by atoms with Crippen LogP contribution in [0.2, 0.25) is 0 Å². The molecule has 1 N–H and O–H groups in total. The van der Waals surface area contributed by atoms with Gasteiger partial charge < -0.3 is 29.2 Å². The Balaban J connectivity index is 2.90. The lowest BCUT2D eigenvalue weighted by Gasteiger charge is -2.21. The van der Waals surface area contributed by atoms with Gasteiger partial charge in [-0.2, -0.15) is 5.26 Å². The van der Waals surface area contributed by atoms with Crippen LogP contribution in [0.1, 0.15) is 18.5 Å². The third kappa shape index (κ3) is 7.10. The van der Waals surface area contributed by atoms with Gasteiger partial charge in [-0.1, -0.05) is 6.07 Å². The van der Waals surface area contributed by atoms with E-state index in [1.807, 2.05) is 24.0 Å². The number of nitrogens with one attached hydrogen (secondary N) is 1. The van der Waals surface area contributed by atoms with Crippen molar-refractivity contribution in [1.29, 1.82) is 5.26 Å². The van der Waals surface area contributed by atoms with Crippen LogP contribution in [0.3, 0.4) is 0 Å². The Bertz CT molecular complexity index is 692. The summed E-state index contributed by atoms with van der Waals surface area (Å²) in [6.45, 7) is 3.88. The first-order valence-electron chi connectivity index (χ1n) is 8.87. The number of carbonyl (C=O) groups excluding carboxylic acids is 1. The molecule has 1 aromatic carbocycles. The number of nitriles is 1. The largest absolute Gasteiger partial charge is 0.493 e. The van der Waals surface area contributed by atoms with Crippen molar-refractivity contribution in [2.75, 3.05) is 54.7 Å². The van der Waals surface area contributed by atoms with Gasteiger partial charge in [-0.25, -0.2) is 0 Å². The fraction of sp³-hybridized carbons (Fsp3) is 0.500. The Morgan fingerprint density at radius 3 is 2.25 bits per heavy atom. The highest BCUT2D eigenvalue weighted by Gasteiger charge is 2.16. The van der Waals surface area contributed by atoms with Crippen molar-refractivity contribution in [3.63, 3.8) is 0 Å². The molecule has 154 valence electrons. The Labute approximate surface area is 166 Å². The second-order valence-corrected chi connectivity index (χ2v) is 5.99. The van der Waals surface area contributed by atoms with Gasteiger partial charge in [0.05, 0.1) is 33.5 Å². The monoisotopic (exact) mass is 391 g/mol. The molecule has 0 aliphatic heterocycles. The predicted octanol–water partition coefficient (Wildman–Crippen LogP) is 1.88. The van der Waals surface area contributed by atoms with E-state index in [0.29, 0.717) is 37.8 Å². The average molecular weight is 391 g/mol. The number of ether oxygens (including phenoxy) is 4. The molecule has 1 amide bonds. The molecule has 0 bridgehead atoms. The van der Waals surface area contributed by atoms with Crippen molar-refractivity contribution >= 4 is 5.91 Å². The third-order valence-corrected chi connectivity index (χ3v) is 4.10. The molecular formula is C20H29N3O5. The fourth-order valence-corrected chi connectivity index (χ4v) is 2.46. The highest BCUT2D eigenvalue weighted by molar-refractivity contribution is 5.97.